The number of anilines is 1. The molecule has 0 radical (unpaired) electrons. The summed E-state index contributed by atoms with van der Waals surface area (Å²) in [5.41, 5.74) is 2.15. The van der Waals surface area contributed by atoms with E-state index in [1.807, 2.05) is 19.9 Å². The first kappa shape index (κ1) is 22.1. The van der Waals surface area contributed by atoms with Gasteiger partial charge in [0.15, 0.2) is 0 Å². The maximum absolute atomic E-state index is 13.0. The first-order valence-electron chi connectivity index (χ1n) is 9.21. The third kappa shape index (κ3) is 4.60. The number of ketones is 1. The molecule has 0 aliphatic rings. The number of nitrogens with one attached hydrogen (secondary N) is 1. The number of methoxy groups -OCH3 is 1. The van der Waals surface area contributed by atoms with Gasteiger partial charge in [0.25, 0.3) is 5.78 Å². The fraction of sp³-hybridized carbons (Fsp3) is 0.227. The second kappa shape index (κ2) is 8.25. The Morgan fingerprint density at radius 1 is 1.03 bits per heavy atom. The Kier molecular flexibility index (Phi) is 5.88. The highest BCUT2D eigenvalue weighted by atomic mass is 19.4. The first-order valence-corrected chi connectivity index (χ1v) is 9.21. The van der Waals surface area contributed by atoms with Crippen molar-refractivity contribution in [2.45, 2.75) is 26.6 Å². The summed E-state index contributed by atoms with van der Waals surface area (Å²) in [6.07, 6.45) is -4.11. The van der Waals surface area contributed by atoms with Crippen molar-refractivity contribution in [2.24, 2.45) is 0 Å². The number of aromatic nitrogens is 1. The Hall–Kier alpha value is -3.62. The maximum Gasteiger partial charge on any atom is 0.454 e. The van der Waals surface area contributed by atoms with Crippen LogP contribution in [0.4, 0.5) is 18.9 Å². The Bertz CT molecular complexity index is 1200. The van der Waals surface area contributed by atoms with Crippen LogP contribution in [0.25, 0.3) is 10.9 Å². The molecular formula is C22H19F3N2O4. The minimum absolute atomic E-state index is 0.0195. The lowest BCUT2D eigenvalue weighted by Gasteiger charge is -2.09. The normalized spacial score (nSPS) is 11.4. The van der Waals surface area contributed by atoms with E-state index in [4.69, 9.17) is 0 Å². The molecule has 1 amide bonds. The number of ether oxygens (including phenoxy) is 1. The molecule has 0 bridgehead atoms. The summed E-state index contributed by atoms with van der Waals surface area (Å²) >= 11 is 0. The quantitative estimate of drug-likeness (QED) is 0.478. The fourth-order valence-corrected chi connectivity index (χ4v) is 3.18. The van der Waals surface area contributed by atoms with Crippen molar-refractivity contribution in [3.05, 3.63) is 64.8 Å². The van der Waals surface area contributed by atoms with E-state index in [1.54, 1.807) is 12.1 Å². The zero-order valence-electron chi connectivity index (χ0n) is 17.0. The van der Waals surface area contributed by atoms with Crippen LogP contribution >= 0.6 is 0 Å². The van der Waals surface area contributed by atoms with Crippen LogP contribution in [-0.2, 0) is 16.1 Å². The summed E-state index contributed by atoms with van der Waals surface area (Å²) in [4.78, 5) is 36.3. The Morgan fingerprint density at radius 2 is 1.74 bits per heavy atom. The average molecular weight is 432 g/mol. The van der Waals surface area contributed by atoms with E-state index < -0.39 is 29.4 Å². The van der Waals surface area contributed by atoms with Gasteiger partial charge in [-0.3, -0.25) is 9.59 Å². The average Bonchev–Trinajstić information content (AvgIpc) is 3.06. The van der Waals surface area contributed by atoms with Gasteiger partial charge in [-0.1, -0.05) is 12.1 Å². The van der Waals surface area contributed by atoms with Crippen LogP contribution < -0.4 is 5.32 Å². The molecule has 0 fully saturated rings. The van der Waals surface area contributed by atoms with Crippen LogP contribution in [-0.4, -0.2) is 35.5 Å². The smallest absolute Gasteiger partial charge is 0.454 e. The molecule has 2 aromatic carbocycles. The van der Waals surface area contributed by atoms with Crippen LogP contribution in [0.5, 0.6) is 0 Å². The van der Waals surface area contributed by atoms with E-state index in [9.17, 15) is 27.6 Å². The van der Waals surface area contributed by atoms with Crippen LogP contribution in [0.2, 0.25) is 0 Å². The van der Waals surface area contributed by atoms with Crippen LogP contribution in [0, 0.1) is 13.8 Å². The number of hydrogen-bond donors (Lipinski definition) is 1. The SMILES string of the molecule is COC(=O)c1ccc2c(C(=O)C(F)(F)F)cn(CC(=O)Nc3ccc(C)c(C)c3)c2c1. The molecule has 0 spiro atoms. The molecule has 3 aromatic rings. The zero-order valence-corrected chi connectivity index (χ0v) is 17.0. The molecule has 1 N–H and O–H groups in total. The monoisotopic (exact) mass is 432 g/mol. The molecule has 6 nitrogen and oxygen atoms in total. The number of amides is 1. The number of nitrogens with zero attached hydrogens (tertiary/aromatic N) is 1. The molecule has 0 saturated heterocycles. The summed E-state index contributed by atoms with van der Waals surface area (Å²) in [5.74, 6) is -3.23. The highest BCUT2D eigenvalue weighted by Gasteiger charge is 2.41. The summed E-state index contributed by atoms with van der Waals surface area (Å²) in [5, 5.41) is 2.66. The number of esters is 1. The molecule has 1 aromatic heterocycles. The molecule has 0 unspecified atom stereocenters. The predicted octanol–water partition coefficient (Wildman–Crippen LogP) is 4.43. The number of benzene rings is 2. The van der Waals surface area contributed by atoms with Crippen molar-refractivity contribution in [3.63, 3.8) is 0 Å². The minimum atomic E-state index is -5.08. The lowest BCUT2D eigenvalue weighted by atomic mass is 10.1. The third-order valence-electron chi connectivity index (χ3n) is 4.91. The number of alkyl halides is 3. The third-order valence-corrected chi connectivity index (χ3v) is 4.91. The van der Waals surface area contributed by atoms with Crippen molar-refractivity contribution in [1.82, 2.24) is 4.57 Å². The highest BCUT2D eigenvalue weighted by Crippen LogP contribution is 2.29. The molecule has 0 aliphatic heterocycles. The molecule has 1 heterocycles. The summed E-state index contributed by atoms with van der Waals surface area (Å²) < 4.78 is 45.0. The number of carbonyl (C=O) groups is 3. The van der Waals surface area contributed by atoms with Crippen molar-refractivity contribution in [2.75, 3.05) is 12.4 Å². The van der Waals surface area contributed by atoms with Gasteiger partial charge < -0.3 is 14.6 Å². The lowest BCUT2D eigenvalue weighted by Crippen LogP contribution is -2.22. The molecule has 3 rings (SSSR count). The highest BCUT2D eigenvalue weighted by molar-refractivity contribution is 6.11. The maximum atomic E-state index is 13.0. The van der Waals surface area contributed by atoms with E-state index in [0.717, 1.165) is 17.3 Å². The van der Waals surface area contributed by atoms with Gasteiger partial charge in [-0.05, 0) is 49.2 Å². The van der Waals surface area contributed by atoms with E-state index in [-0.39, 0.29) is 23.0 Å². The largest absolute Gasteiger partial charge is 0.465 e. The Labute approximate surface area is 175 Å². The number of halogens is 3. The van der Waals surface area contributed by atoms with Gasteiger partial charge in [0.05, 0.1) is 23.8 Å². The van der Waals surface area contributed by atoms with Crippen LogP contribution in [0.1, 0.15) is 31.8 Å². The number of carbonyl (C=O) groups excluding carboxylic acids is 3. The topological polar surface area (TPSA) is 77.4 Å². The second-order valence-electron chi connectivity index (χ2n) is 7.07. The number of hydrogen-bond acceptors (Lipinski definition) is 4. The van der Waals surface area contributed by atoms with Gasteiger partial charge in [0, 0.05) is 17.3 Å². The minimum Gasteiger partial charge on any atom is -0.465 e. The first-order chi connectivity index (χ1) is 14.5. The van der Waals surface area contributed by atoms with Gasteiger partial charge in [-0.2, -0.15) is 13.2 Å². The van der Waals surface area contributed by atoms with Crippen molar-refractivity contribution in [3.8, 4) is 0 Å². The fourth-order valence-electron chi connectivity index (χ4n) is 3.18. The Balaban J connectivity index is 2.00. The van der Waals surface area contributed by atoms with Crippen molar-refractivity contribution < 1.29 is 32.3 Å². The van der Waals surface area contributed by atoms with Crippen molar-refractivity contribution >= 4 is 34.3 Å². The van der Waals surface area contributed by atoms with E-state index >= 15 is 0 Å². The number of rotatable bonds is 5. The Morgan fingerprint density at radius 3 is 2.35 bits per heavy atom. The summed E-state index contributed by atoms with van der Waals surface area (Å²) in [7, 11) is 1.17. The van der Waals surface area contributed by atoms with Gasteiger partial charge in [-0.15, -0.1) is 0 Å². The van der Waals surface area contributed by atoms with Crippen LogP contribution in [0.3, 0.4) is 0 Å². The van der Waals surface area contributed by atoms with E-state index in [1.165, 1.54) is 29.9 Å². The van der Waals surface area contributed by atoms with Crippen molar-refractivity contribution in [1.29, 1.82) is 0 Å². The summed E-state index contributed by atoms with van der Waals surface area (Å²) in [6, 6.07) is 9.10. The lowest BCUT2D eigenvalue weighted by molar-refractivity contribution is -0.116. The van der Waals surface area contributed by atoms with E-state index in [0.29, 0.717) is 5.69 Å². The zero-order chi connectivity index (χ0) is 22.9. The molecule has 9 heteroatoms. The molecule has 31 heavy (non-hydrogen) atoms. The van der Waals surface area contributed by atoms with Gasteiger partial charge >= 0.3 is 12.1 Å². The van der Waals surface area contributed by atoms with E-state index in [2.05, 4.69) is 10.1 Å². The van der Waals surface area contributed by atoms with Gasteiger partial charge in [-0.25, -0.2) is 4.79 Å². The number of fused-ring (bicyclic) bond motifs is 1. The van der Waals surface area contributed by atoms with Gasteiger partial charge in [0.2, 0.25) is 5.91 Å². The molecule has 0 atom stereocenters. The molecular weight excluding hydrogens is 413 g/mol. The number of aryl methyl sites for hydroxylation is 2. The summed E-state index contributed by atoms with van der Waals surface area (Å²) in [6.45, 7) is 3.44. The molecule has 162 valence electrons. The molecule has 0 aliphatic carbocycles. The predicted molar refractivity (Wildman–Crippen MR) is 108 cm³/mol. The second-order valence-corrected chi connectivity index (χ2v) is 7.07. The molecule has 0 saturated carbocycles. The standard InChI is InChI=1S/C22H19F3N2O4/c1-12-4-6-15(8-13(12)2)26-19(28)11-27-10-17(20(29)22(23,24)25)16-7-5-14(9-18(16)27)21(30)31-3/h4-10H,11H2,1-3H3,(H,26,28). The number of Topliss-reactive ketones (excluding diaryl/α,β-unsaturated/α-hetero) is 1. The van der Waals surface area contributed by atoms with Gasteiger partial charge in [0.1, 0.15) is 6.54 Å². The van der Waals surface area contributed by atoms with Crippen LogP contribution in [0.15, 0.2) is 42.6 Å².